The monoisotopic (exact) mass is 277 g/mol. The molecule has 112 valence electrons. The summed E-state index contributed by atoms with van der Waals surface area (Å²) in [6.07, 6.45) is 2.80. The first-order valence-corrected chi connectivity index (χ1v) is 7.14. The number of aromatic nitrogens is 1. The Kier molecular flexibility index (Phi) is 5.69. The van der Waals surface area contributed by atoms with Gasteiger partial charge in [-0.2, -0.15) is 0 Å². The molecule has 0 saturated heterocycles. The second-order valence-corrected chi connectivity index (χ2v) is 6.30. The Morgan fingerprint density at radius 2 is 2.05 bits per heavy atom. The smallest absolute Gasteiger partial charge is 0.217 e. The third-order valence-electron chi connectivity index (χ3n) is 3.38. The van der Waals surface area contributed by atoms with Gasteiger partial charge in [0.2, 0.25) is 5.91 Å². The van der Waals surface area contributed by atoms with Crippen LogP contribution >= 0.6 is 0 Å². The van der Waals surface area contributed by atoms with Gasteiger partial charge in [0, 0.05) is 36.9 Å². The van der Waals surface area contributed by atoms with E-state index in [9.17, 15) is 4.79 Å². The Hall–Kier alpha value is -1.42. The van der Waals surface area contributed by atoms with Crippen LogP contribution in [0.4, 0.5) is 0 Å². The summed E-state index contributed by atoms with van der Waals surface area (Å²) in [4.78, 5) is 15.5. The van der Waals surface area contributed by atoms with Crippen molar-refractivity contribution in [2.45, 2.75) is 66.1 Å². The quantitative estimate of drug-likeness (QED) is 0.840. The molecule has 20 heavy (non-hydrogen) atoms. The van der Waals surface area contributed by atoms with Gasteiger partial charge in [-0.25, -0.2) is 0 Å². The van der Waals surface area contributed by atoms with Crippen LogP contribution in [-0.2, 0) is 11.3 Å². The molecule has 1 amide bonds. The zero-order valence-electron chi connectivity index (χ0n) is 13.5. The Balaban J connectivity index is 2.48. The largest absolute Gasteiger partial charge is 0.351 e. The molecule has 1 heterocycles. The molecule has 0 saturated carbocycles. The zero-order chi connectivity index (χ0) is 15.3. The lowest BCUT2D eigenvalue weighted by Crippen LogP contribution is -2.46. The predicted molar refractivity (Wildman–Crippen MR) is 82.5 cm³/mol. The second-order valence-electron chi connectivity index (χ2n) is 6.30. The molecule has 0 bridgehead atoms. The van der Waals surface area contributed by atoms with Crippen LogP contribution < -0.4 is 10.6 Å². The van der Waals surface area contributed by atoms with E-state index in [0.29, 0.717) is 6.04 Å². The SMILES string of the molecule is CC(=O)NC(C)(C)C[C@H](C)NCc1cnc(C)c(C)c1. The fourth-order valence-corrected chi connectivity index (χ4v) is 2.46. The maximum Gasteiger partial charge on any atom is 0.217 e. The highest BCUT2D eigenvalue weighted by atomic mass is 16.1. The molecule has 0 fully saturated rings. The van der Waals surface area contributed by atoms with Crippen molar-refractivity contribution < 1.29 is 4.79 Å². The maximum absolute atomic E-state index is 11.1. The van der Waals surface area contributed by atoms with Crippen LogP contribution in [0.5, 0.6) is 0 Å². The van der Waals surface area contributed by atoms with Crippen molar-refractivity contribution in [2.24, 2.45) is 0 Å². The van der Waals surface area contributed by atoms with Crippen molar-refractivity contribution >= 4 is 5.91 Å². The van der Waals surface area contributed by atoms with E-state index >= 15 is 0 Å². The standard InChI is InChI=1S/C16H27N3O/c1-11-7-15(10-18-13(11)3)9-17-12(2)8-16(5,6)19-14(4)20/h7,10,12,17H,8-9H2,1-6H3,(H,19,20)/t12-/m0/s1. The summed E-state index contributed by atoms with van der Waals surface area (Å²) in [5.41, 5.74) is 3.29. The van der Waals surface area contributed by atoms with Crippen LogP contribution in [0.2, 0.25) is 0 Å². The van der Waals surface area contributed by atoms with Gasteiger partial charge in [0.05, 0.1) is 0 Å². The number of carbonyl (C=O) groups is 1. The summed E-state index contributed by atoms with van der Waals surface area (Å²) in [7, 11) is 0. The van der Waals surface area contributed by atoms with Crippen LogP contribution in [0, 0.1) is 13.8 Å². The lowest BCUT2D eigenvalue weighted by molar-refractivity contribution is -0.120. The molecule has 0 aliphatic rings. The third-order valence-corrected chi connectivity index (χ3v) is 3.38. The van der Waals surface area contributed by atoms with E-state index in [4.69, 9.17) is 0 Å². The van der Waals surface area contributed by atoms with Gasteiger partial charge >= 0.3 is 0 Å². The van der Waals surface area contributed by atoms with E-state index in [1.165, 1.54) is 11.1 Å². The van der Waals surface area contributed by atoms with Crippen molar-refractivity contribution in [1.29, 1.82) is 0 Å². The molecule has 0 radical (unpaired) electrons. The molecule has 4 heteroatoms. The minimum absolute atomic E-state index is 0.0144. The molecule has 0 unspecified atom stereocenters. The topological polar surface area (TPSA) is 54.0 Å². The van der Waals surface area contributed by atoms with Crippen molar-refractivity contribution in [2.75, 3.05) is 0 Å². The number of hydrogen-bond donors (Lipinski definition) is 2. The van der Waals surface area contributed by atoms with E-state index in [1.807, 2.05) is 27.0 Å². The first kappa shape index (κ1) is 16.6. The molecule has 0 aromatic carbocycles. The highest BCUT2D eigenvalue weighted by molar-refractivity contribution is 5.73. The summed E-state index contributed by atoms with van der Waals surface area (Å²) in [5.74, 6) is 0.0144. The van der Waals surface area contributed by atoms with Gasteiger partial charge in [-0.3, -0.25) is 9.78 Å². The van der Waals surface area contributed by atoms with Crippen LogP contribution in [0.25, 0.3) is 0 Å². The number of nitrogens with one attached hydrogen (secondary N) is 2. The van der Waals surface area contributed by atoms with Crippen LogP contribution in [0.3, 0.4) is 0 Å². The van der Waals surface area contributed by atoms with Gasteiger partial charge in [0.25, 0.3) is 0 Å². The Morgan fingerprint density at radius 3 is 2.60 bits per heavy atom. The lowest BCUT2D eigenvalue weighted by atomic mass is 9.95. The highest BCUT2D eigenvalue weighted by Crippen LogP contribution is 2.12. The van der Waals surface area contributed by atoms with E-state index in [1.54, 1.807) is 6.92 Å². The molecule has 4 nitrogen and oxygen atoms in total. The molecule has 1 aromatic heterocycles. The molecule has 1 rings (SSSR count). The number of hydrogen-bond acceptors (Lipinski definition) is 3. The maximum atomic E-state index is 11.1. The van der Waals surface area contributed by atoms with Crippen LogP contribution in [0.1, 0.15) is 50.9 Å². The third kappa shape index (κ3) is 5.70. The summed E-state index contributed by atoms with van der Waals surface area (Å²) >= 11 is 0. The minimum atomic E-state index is -0.195. The highest BCUT2D eigenvalue weighted by Gasteiger charge is 2.21. The van der Waals surface area contributed by atoms with Crippen molar-refractivity contribution in [1.82, 2.24) is 15.6 Å². The van der Waals surface area contributed by atoms with E-state index in [0.717, 1.165) is 18.7 Å². The zero-order valence-corrected chi connectivity index (χ0v) is 13.5. The van der Waals surface area contributed by atoms with Crippen molar-refractivity contribution in [3.8, 4) is 0 Å². The van der Waals surface area contributed by atoms with Crippen LogP contribution in [-0.4, -0.2) is 22.5 Å². The normalized spacial score (nSPS) is 13.1. The van der Waals surface area contributed by atoms with Gasteiger partial charge in [-0.05, 0) is 52.2 Å². The molecule has 0 spiro atoms. The second kappa shape index (κ2) is 6.84. The summed E-state index contributed by atoms with van der Waals surface area (Å²) in [6, 6.07) is 2.49. The van der Waals surface area contributed by atoms with Crippen molar-refractivity contribution in [3.05, 3.63) is 29.1 Å². The summed E-state index contributed by atoms with van der Waals surface area (Å²) in [6.45, 7) is 12.7. The molecule has 0 aliphatic heterocycles. The number of rotatable bonds is 6. The van der Waals surface area contributed by atoms with E-state index in [2.05, 4.69) is 35.5 Å². The Morgan fingerprint density at radius 1 is 1.40 bits per heavy atom. The molecular weight excluding hydrogens is 250 g/mol. The van der Waals surface area contributed by atoms with Gasteiger partial charge in [-0.1, -0.05) is 6.07 Å². The molecule has 1 aromatic rings. The first-order chi connectivity index (χ1) is 9.19. The lowest BCUT2D eigenvalue weighted by Gasteiger charge is -2.29. The summed E-state index contributed by atoms with van der Waals surface area (Å²) < 4.78 is 0. The molecule has 0 aliphatic carbocycles. The van der Waals surface area contributed by atoms with Gasteiger partial charge in [-0.15, -0.1) is 0 Å². The number of pyridine rings is 1. The number of carbonyl (C=O) groups excluding carboxylic acids is 1. The van der Waals surface area contributed by atoms with Gasteiger partial charge in [0.15, 0.2) is 0 Å². The average molecular weight is 277 g/mol. The summed E-state index contributed by atoms with van der Waals surface area (Å²) in [5, 5.41) is 6.46. The molecule has 2 N–H and O–H groups in total. The fraction of sp³-hybridized carbons (Fsp3) is 0.625. The molecule has 1 atom stereocenters. The van der Waals surface area contributed by atoms with E-state index in [-0.39, 0.29) is 11.4 Å². The Labute approximate surface area is 122 Å². The predicted octanol–water partition coefficient (Wildman–Crippen LogP) is 2.48. The van der Waals surface area contributed by atoms with Crippen molar-refractivity contribution in [3.63, 3.8) is 0 Å². The number of aryl methyl sites for hydroxylation is 2. The fourth-order valence-electron chi connectivity index (χ4n) is 2.46. The minimum Gasteiger partial charge on any atom is -0.351 e. The van der Waals surface area contributed by atoms with Gasteiger partial charge in [0.1, 0.15) is 0 Å². The first-order valence-electron chi connectivity index (χ1n) is 7.14. The van der Waals surface area contributed by atoms with Crippen LogP contribution in [0.15, 0.2) is 12.3 Å². The van der Waals surface area contributed by atoms with E-state index < -0.39 is 0 Å². The number of amides is 1. The molecular formula is C16H27N3O. The average Bonchev–Trinajstić information content (AvgIpc) is 2.28. The Bertz CT molecular complexity index is 469. The number of nitrogens with zero attached hydrogens (tertiary/aromatic N) is 1. The van der Waals surface area contributed by atoms with Gasteiger partial charge < -0.3 is 10.6 Å².